The maximum atomic E-state index is 12.5. The van der Waals surface area contributed by atoms with Gasteiger partial charge in [0.15, 0.2) is 0 Å². The summed E-state index contributed by atoms with van der Waals surface area (Å²) in [5, 5.41) is 4.64. The monoisotopic (exact) mass is 457 g/mol. The highest BCUT2D eigenvalue weighted by molar-refractivity contribution is 7.89. The van der Waals surface area contributed by atoms with Crippen molar-refractivity contribution in [3.05, 3.63) is 58.3 Å². The lowest BCUT2D eigenvalue weighted by Crippen LogP contribution is -2.50. The number of hydrogen-bond donors (Lipinski definition) is 1. The standard InChI is InChI=1S/C20H27N3O3S2.ClH/c24-20(17-19-7-4-15-27-19)21-9-16-28(25,26)23-13-11-22(12-14-23)10-8-18-5-2-1-3-6-18;/h1-7,15H,8-14,16-17H2,(H,21,24);1H. The summed E-state index contributed by atoms with van der Waals surface area (Å²) < 4.78 is 26.6. The Labute approximate surface area is 183 Å². The largest absolute Gasteiger partial charge is 0.355 e. The van der Waals surface area contributed by atoms with Crippen LogP contribution in [0.1, 0.15) is 10.4 Å². The molecule has 0 unspecified atom stereocenters. The van der Waals surface area contributed by atoms with Gasteiger partial charge in [0.25, 0.3) is 0 Å². The third-order valence-electron chi connectivity index (χ3n) is 4.88. The first-order chi connectivity index (χ1) is 13.5. The fourth-order valence-corrected chi connectivity index (χ4v) is 5.29. The molecule has 1 amide bonds. The summed E-state index contributed by atoms with van der Waals surface area (Å²) in [5.74, 6) is -0.184. The van der Waals surface area contributed by atoms with Gasteiger partial charge in [0.2, 0.25) is 15.9 Å². The molecule has 1 saturated heterocycles. The quantitative estimate of drug-likeness (QED) is 0.625. The van der Waals surface area contributed by atoms with E-state index in [0.29, 0.717) is 19.5 Å². The lowest BCUT2D eigenvalue weighted by atomic mass is 10.1. The molecule has 6 nitrogen and oxygen atoms in total. The second kappa shape index (κ2) is 11.7. The van der Waals surface area contributed by atoms with E-state index < -0.39 is 10.0 Å². The van der Waals surface area contributed by atoms with Crippen molar-refractivity contribution in [2.45, 2.75) is 12.8 Å². The molecule has 3 rings (SSSR count). The van der Waals surface area contributed by atoms with Crippen molar-refractivity contribution in [1.29, 1.82) is 0 Å². The molecular weight excluding hydrogens is 430 g/mol. The fraction of sp³-hybridized carbons (Fsp3) is 0.450. The number of amides is 1. The van der Waals surface area contributed by atoms with Crippen LogP contribution < -0.4 is 5.32 Å². The second-order valence-electron chi connectivity index (χ2n) is 6.90. The van der Waals surface area contributed by atoms with Crippen LogP contribution in [0, 0.1) is 0 Å². The van der Waals surface area contributed by atoms with Crippen LogP contribution in [0.4, 0.5) is 0 Å². The number of sulfonamides is 1. The van der Waals surface area contributed by atoms with Crippen molar-refractivity contribution in [3.63, 3.8) is 0 Å². The summed E-state index contributed by atoms with van der Waals surface area (Å²) in [4.78, 5) is 15.2. The molecular formula is C20H28ClN3O3S2. The Kier molecular flexibility index (Phi) is 9.58. The summed E-state index contributed by atoms with van der Waals surface area (Å²) in [6.07, 6.45) is 1.28. The van der Waals surface area contributed by atoms with Crippen LogP contribution >= 0.6 is 23.7 Å². The molecule has 0 bridgehead atoms. The van der Waals surface area contributed by atoms with Crippen LogP contribution in [-0.2, 0) is 27.7 Å². The van der Waals surface area contributed by atoms with E-state index in [1.165, 1.54) is 16.9 Å². The number of benzene rings is 1. The van der Waals surface area contributed by atoms with Crippen LogP contribution in [0.15, 0.2) is 47.8 Å². The van der Waals surface area contributed by atoms with E-state index in [1.807, 2.05) is 35.7 Å². The van der Waals surface area contributed by atoms with Gasteiger partial charge in [-0.25, -0.2) is 8.42 Å². The van der Waals surface area contributed by atoms with Crippen LogP contribution in [0.5, 0.6) is 0 Å². The first-order valence-corrected chi connectivity index (χ1v) is 12.0. The number of carbonyl (C=O) groups is 1. The normalized spacial score (nSPS) is 15.6. The predicted octanol–water partition coefficient (Wildman–Crippen LogP) is 2.02. The number of nitrogens with zero attached hydrogens (tertiary/aromatic N) is 2. The Hall–Kier alpha value is -1.45. The lowest BCUT2D eigenvalue weighted by molar-refractivity contribution is -0.120. The number of thiophene rings is 1. The van der Waals surface area contributed by atoms with E-state index >= 15 is 0 Å². The molecule has 160 valence electrons. The molecule has 1 aliphatic heterocycles. The van der Waals surface area contributed by atoms with Gasteiger partial charge in [-0.3, -0.25) is 4.79 Å². The predicted molar refractivity (Wildman–Crippen MR) is 120 cm³/mol. The molecule has 0 saturated carbocycles. The highest BCUT2D eigenvalue weighted by Gasteiger charge is 2.26. The van der Waals surface area contributed by atoms with Gasteiger partial charge in [0.1, 0.15) is 0 Å². The topological polar surface area (TPSA) is 69.7 Å². The Morgan fingerprint density at radius 1 is 1.03 bits per heavy atom. The van der Waals surface area contributed by atoms with Gasteiger partial charge in [-0.15, -0.1) is 23.7 Å². The van der Waals surface area contributed by atoms with Crippen LogP contribution in [0.25, 0.3) is 0 Å². The van der Waals surface area contributed by atoms with E-state index in [-0.39, 0.29) is 30.6 Å². The van der Waals surface area contributed by atoms with Gasteiger partial charge in [-0.1, -0.05) is 36.4 Å². The number of hydrogen-bond acceptors (Lipinski definition) is 5. The molecule has 0 aliphatic carbocycles. The maximum absolute atomic E-state index is 12.5. The van der Waals surface area contributed by atoms with Crippen LogP contribution in [-0.4, -0.2) is 68.6 Å². The van der Waals surface area contributed by atoms with Crippen molar-refractivity contribution >= 4 is 39.7 Å². The van der Waals surface area contributed by atoms with E-state index in [1.54, 1.807) is 4.31 Å². The molecule has 2 aromatic rings. The van der Waals surface area contributed by atoms with Crippen LogP contribution in [0.2, 0.25) is 0 Å². The Bertz CT molecular complexity index is 837. The summed E-state index contributed by atoms with van der Waals surface area (Å²) >= 11 is 1.52. The van der Waals surface area contributed by atoms with E-state index in [2.05, 4.69) is 22.3 Å². The van der Waals surface area contributed by atoms with Gasteiger partial charge in [-0.2, -0.15) is 4.31 Å². The zero-order valence-electron chi connectivity index (χ0n) is 16.3. The van der Waals surface area contributed by atoms with Crippen molar-refractivity contribution < 1.29 is 13.2 Å². The van der Waals surface area contributed by atoms with Gasteiger partial charge in [0, 0.05) is 44.1 Å². The molecule has 1 fully saturated rings. The number of nitrogens with one attached hydrogen (secondary N) is 1. The molecule has 0 spiro atoms. The first-order valence-electron chi connectivity index (χ1n) is 9.56. The molecule has 1 N–H and O–H groups in total. The second-order valence-corrected chi connectivity index (χ2v) is 10.0. The van der Waals surface area contributed by atoms with Gasteiger partial charge < -0.3 is 10.2 Å². The molecule has 9 heteroatoms. The summed E-state index contributed by atoms with van der Waals surface area (Å²) in [6.45, 7) is 3.62. The van der Waals surface area contributed by atoms with Crippen LogP contribution in [0.3, 0.4) is 0 Å². The molecule has 0 atom stereocenters. The molecule has 29 heavy (non-hydrogen) atoms. The highest BCUT2D eigenvalue weighted by Crippen LogP contribution is 2.10. The Balaban J connectivity index is 0.00000300. The Morgan fingerprint density at radius 3 is 2.41 bits per heavy atom. The molecule has 1 aromatic carbocycles. The third-order valence-corrected chi connectivity index (χ3v) is 7.63. The molecule has 2 heterocycles. The Morgan fingerprint density at radius 2 is 1.76 bits per heavy atom. The molecule has 1 aliphatic rings. The smallest absolute Gasteiger partial charge is 0.225 e. The minimum absolute atomic E-state index is 0. The lowest BCUT2D eigenvalue weighted by Gasteiger charge is -2.34. The number of carbonyl (C=O) groups excluding carboxylic acids is 1. The zero-order valence-corrected chi connectivity index (χ0v) is 18.8. The van der Waals surface area contributed by atoms with Gasteiger partial charge in [-0.05, 0) is 23.4 Å². The average molecular weight is 458 g/mol. The third kappa shape index (κ3) is 7.71. The van der Waals surface area contributed by atoms with E-state index in [0.717, 1.165) is 30.9 Å². The number of halogens is 1. The maximum Gasteiger partial charge on any atom is 0.225 e. The number of piperazine rings is 1. The van der Waals surface area contributed by atoms with Crippen molar-refractivity contribution in [3.8, 4) is 0 Å². The summed E-state index contributed by atoms with van der Waals surface area (Å²) in [7, 11) is -3.34. The van der Waals surface area contributed by atoms with Crippen molar-refractivity contribution in [2.24, 2.45) is 0 Å². The van der Waals surface area contributed by atoms with E-state index in [9.17, 15) is 13.2 Å². The molecule has 1 aromatic heterocycles. The minimum atomic E-state index is -3.34. The van der Waals surface area contributed by atoms with Crippen molar-refractivity contribution in [2.75, 3.05) is 45.0 Å². The summed E-state index contributed by atoms with van der Waals surface area (Å²) in [6, 6.07) is 14.1. The highest BCUT2D eigenvalue weighted by atomic mass is 35.5. The van der Waals surface area contributed by atoms with Gasteiger partial charge in [0.05, 0.1) is 12.2 Å². The molecule has 0 radical (unpaired) electrons. The first kappa shape index (κ1) is 23.8. The average Bonchev–Trinajstić information content (AvgIpc) is 3.20. The zero-order chi connectivity index (χ0) is 19.8. The fourth-order valence-electron chi connectivity index (χ4n) is 3.25. The van der Waals surface area contributed by atoms with Gasteiger partial charge >= 0.3 is 0 Å². The van der Waals surface area contributed by atoms with E-state index in [4.69, 9.17) is 0 Å². The summed E-state index contributed by atoms with van der Waals surface area (Å²) in [5.41, 5.74) is 1.30. The SMILES string of the molecule is Cl.O=C(Cc1cccs1)NCCS(=O)(=O)N1CCN(CCc2ccccc2)CC1. The number of rotatable bonds is 9. The van der Waals surface area contributed by atoms with Crippen molar-refractivity contribution in [1.82, 2.24) is 14.5 Å². The minimum Gasteiger partial charge on any atom is -0.355 e.